The second kappa shape index (κ2) is 7.96. The number of nitrogens with one attached hydrogen (secondary N) is 2. The fourth-order valence-corrected chi connectivity index (χ4v) is 5.39. The normalized spacial score (nSPS) is 14.5. The molecular formula is C23H19ClN2O5S. The smallest absolute Gasteiger partial charge is 0.337 e. The second-order valence-corrected chi connectivity index (χ2v) is 10.0. The predicted molar refractivity (Wildman–Crippen MR) is 123 cm³/mol. The fraction of sp³-hybridized carbons (Fsp3) is 0.130. The van der Waals surface area contributed by atoms with Crippen LogP contribution in [0.1, 0.15) is 38.4 Å². The molecule has 0 unspecified atom stereocenters. The van der Waals surface area contributed by atoms with Gasteiger partial charge in [0.15, 0.2) is 9.84 Å². The number of aromatic carboxylic acids is 1. The zero-order valence-electron chi connectivity index (χ0n) is 17.2. The van der Waals surface area contributed by atoms with Gasteiger partial charge in [-0.15, -0.1) is 0 Å². The lowest BCUT2D eigenvalue weighted by Gasteiger charge is -2.07. The van der Waals surface area contributed by atoms with Crippen molar-refractivity contribution in [1.82, 2.24) is 4.98 Å². The quantitative estimate of drug-likeness (QED) is 0.476. The van der Waals surface area contributed by atoms with Crippen molar-refractivity contribution >= 4 is 50.7 Å². The van der Waals surface area contributed by atoms with Crippen molar-refractivity contribution in [3.8, 4) is 0 Å². The van der Waals surface area contributed by atoms with E-state index in [1.54, 1.807) is 50.3 Å². The van der Waals surface area contributed by atoms with Gasteiger partial charge in [-0.3, -0.25) is 4.79 Å². The summed E-state index contributed by atoms with van der Waals surface area (Å²) in [6.07, 6.45) is 1.54. The van der Waals surface area contributed by atoms with Gasteiger partial charge in [0.2, 0.25) is 0 Å². The molecule has 0 spiro atoms. The van der Waals surface area contributed by atoms with Gasteiger partial charge >= 0.3 is 5.97 Å². The van der Waals surface area contributed by atoms with Gasteiger partial charge in [-0.25, -0.2) is 13.2 Å². The first-order chi connectivity index (χ1) is 15.1. The van der Waals surface area contributed by atoms with Crippen molar-refractivity contribution in [3.05, 3.63) is 81.1 Å². The molecule has 0 saturated heterocycles. The predicted octanol–water partition coefficient (Wildman–Crippen LogP) is 4.45. The Kier molecular flexibility index (Phi) is 5.44. The molecule has 2 aromatic carbocycles. The maximum absolute atomic E-state index is 13.0. The van der Waals surface area contributed by atoms with Crippen LogP contribution in [-0.4, -0.2) is 30.4 Å². The third-order valence-corrected chi connectivity index (χ3v) is 7.28. The van der Waals surface area contributed by atoms with Crippen LogP contribution in [0.5, 0.6) is 0 Å². The average Bonchev–Trinajstić information content (AvgIpc) is 3.16. The molecule has 0 saturated carbocycles. The zero-order chi connectivity index (χ0) is 23.2. The Morgan fingerprint density at radius 2 is 1.91 bits per heavy atom. The maximum Gasteiger partial charge on any atom is 0.337 e. The van der Waals surface area contributed by atoms with E-state index in [0.717, 1.165) is 0 Å². The molecule has 4 rings (SSSR count). The Morgan fingerprint density at radius 1 is 1.16 bits per heavy atom. The average molecular weight is 471 g/mol. The van der Waals surface area contributed by atoms with E-state index in [4.69, 9.17) is 11.6 Å². The minimum absolute atomic E-state index is 0.0734. The number of amides is 1. The highest BCUT2D eigenvalue weighted by Gasteiger charge is 2.28. The highest BCUT2D eigenvalue weighted by atomic mass is 35.5. The number of carbonyl (C=O) groups is 2. The molecule has 3 N–H and O–H groups in total. The molecule has 1 aliphatic rings. The number of hydrogen-bond donors (Lipinski definition) is 3. The number of halogens is 1. The Balaban J connectivity index is 1.75. The van der Waals surface area contributed by atoms with E-state index in [0.29, 0.717) is 38.8 Å². The minimum atomic E-state index is -3.70. The number of H-pyrrole nitrogens is 1. The first-order valence-electron chi connectivity index (χ1n) is 9.64. The largest absolute Gasteiger partial charge is 0.478 e. The van der Waals surface area contributed by atoms with Gasteiger partial charge in [0.1, 0.15) is 0 Å². The van der Waals surface area contributed by atoms with Gasteiger partial charge in [-0.05, 0) is 61.4 Å². The molecule has 32 heavy (non-hydrogen) atoms. The van der Waals surface area contributed by atoms with E-state index in [-0.39, 0.29) is 21.8 Å². The molecule has 3 aromatic rings. The number of carbonyl (C=O) groups excluding carboxylic acids is 1. The van der Waals surface area contributed by atoms with Crippen LogP contribution in [0.25, 0.3) is 11.6 Å². The number of aryl methyl sites for hydroxylation is 1. The van der Waals surface area contributed by atoms with Gasteiger partial charge in [0.05, 0.1) is 21.8 Å². The Labute approximate surface area is 189 Å². The minimum Gasteiger partial charge on any atom is -0.478 e. The molecular weight excluding hydrogens is 452 g/mol. The highest BCUT2D eigenvalue weighted by Crippen LogP contribution is 2.36. The summed E-state index contributed by atoms with van der Waals surface area (Å²) in [5.41, 5.74) is 3.32. The fourth-order valence-electron chi connectivity index (χ4n) is 3.82. The van der Waals surface area contributed by atoms with Crippen molar-refractivity contribution in [2.75, 3.05) is 5.32 Å². The highest BCUT2D eigenvalue weighted by molar-refractivity contribution is 7.90. The molecule has 1 aromatic heterocycles. The number of hydrogen-bond acceptors (Lipinski definition) is 4. The second-order valence-electron chi connectivity index (χ2n) is 7.58. The standard InChI is InChI=1S/C23H19ClN2O5S/c1-12-20(25-13(2)21(12)23(28)29)10-18-17-9-16(6-7-19(17)26-22(18)27)32(30,31)11-14-4-3-5-15(24)8-14/h3-10,25H,11H2,1-2H3,(H,26,27)(H,28,29)/b18-10-. The molecule has 7 nitrogen and oxygen atoms in total. The molecule has 0 aliphatic carbocycles. The molecule has 0 fully saturated rings. The number of carboxylic acids is 1. The lowest BCUT2D eigenvalue weighted by Crippen LogP contribution is -2.05. The van der Waals surface area contributed by atoms with Crippen molar-refractivity contribution in [3.63, 3.8) is 0 Å². The zero-order valence-corrected chi connectivity index (χ0v) is 18.8. The van der Waals surface area contributed by atoms with Crippen molar-refractivity contribution in [2.24, 2.45) is 0 Å². The van der Waals surface area contributed by atoms with Crippen LogP contribution >= 0.6 is 11.6 Å². The number of aromatic amines is 1. The summed E-state index contributed by atoms with van der Waals surface area (Å²) in [4.78, 5) is 27.1. The van der Waals surface area contributed by atoms with Gasteiger partial charge < -0.3 is 15.4 Å². The van der Waals surface area contributed by atoms with Crippen LogP contribution in [0.2, 0.25) is 5.02 Å². The van der Waals surface area contributed by atoms with E-state index in [1.807, 2.05) is 0 Å². The van der Waals surface area contributed by atoms with Crippen molar-refractivity contribution < 1.29 is 23.1 Å². The Hall–Kier alpha value is -3.36. The first kappa shape index (κ1) is 21.9. The van der Waals surface area contributed by atoms with Gasteiger partial charge in [-0.1, -0.05) is 23.7 Å². The summed E-state index contributed by atoms with van der Waals surface area (Å²) in [6.45, 7) is 3.29. The molecule has 1 aliphatic heterocycles. The number of rotatable bonds is 5. The van der Waals surface area contributed by atoms with Crippen LogP contribution in [0.4, 0.5) is 5.69 Å². The third-order valence-electron chi connectivity index (χ3n) is 5.36. The molecule has 0 atom stereocenters. The summed E-state index contributed by atoms with van der Waals surface area (Å²) in [5, 5.41) is 12.6. The van der Waals surface area contributed by atoms with E-state index >= 15 is 0 Å². The van der Waals surface area contributed by atoms with E-state index < -0.39 is 21.7 Å². The number of fused-ring (bicyclic) bond motifs is 1. The molecule has 0 radical (unpaired) electrons. The topological polar surface area (TPSA) is 116 Å². The summed E-state index contributed by atoms with van der Waals surface area (Å²) in [7, 11) is -3.70. The summed E-state index contributed by atoms with van der Waals surface area (Å²) < 4.78 is 26.0. The number of sulfone groups is 1. The van der Waals surface area contributed by atoms with E-state index in [1.165, 1.54) is 12.1 Å². The lowest BCUT2D eigenvalue weighted by molar-refractivity contribution is -0.110. The monoisotopic (exact) mass is 470 g/mol. The number of anilines is 1. The molecule has 0 bridgehead atoms. The molecule has 9 heteroatoms. The Bertz CT molecular complexity index is 1420. The van der Waals surface area contributed by atoms with Crippen LogP contribution < -0.4 is 5.32 Å². The molecule has 164 valence electrons. The summed E-state index contributed by atoms with van der Waals surface area (Å²) >= 11 is 5.97. The van der Waals surface area contributed by atoms with E-state index in [2.05, 4.69) is 10.3 Å². The van der Waals surface area contributed by atoms with Gasteiger partial charge in [0, 0.05) is 27.7 Å². The summed E-state index contributed by atoms with van der Waals surface area (Å²) in [6, 6.07) is 11.1. The lowest BCUT2D eigenvalue weighted by atomic mass is 10.0. The van der Waals surface area contributed by atoms with Crippen molar-refractivity contribution in [2.45, 2.75) is 24.5 Å². The van der Waals surface area contributed by atoms with Crippen LogP contribution in [0.3, 0.4) is 0 Å². The summed E-state index contributed by atoms with van der Waals surface area (Å²) in [5.74, 6) is -1.69. The first-order valence-corrected chi connectivity index (χ1v) is 11.7. The number of benzene rings is 2. The SMILES string of the molecule is Cc1[nH]c(/C=C2\C(=O)Nc3ccc(S(=O)(=O)Cc4cccc(Cl)c4)cc32)c(C)c1C(=O)O. The molecule has 1 amide bonds. The van der Waals surface area contributed by atoms with Crippen molar-refractivity contribution in [1.29, 1.82) is 0 Å². The number of carboxylic acid groups (broad SMARTS) is 1. The van der Waals surface area contributed by atoms with Gasteiger partial charge in [-0.2, -0.15) is 0 Å². The van der Waals surface area contributed by atoms with Crippen LogP contribution in [0, 0.1) is 13.8 Å². The maximum atomic E-state index is 13.0. The van der Waals surface area contributed by atoms with Gasteiger partial charge in [0.25, 0.3) is 5.91 Å². The molecule has 2 heterocycles. The van der Waals surface area contributed by atoms with Crippen LogP contribution in [0.15, 0.2) is 47.4 Å². The van der Waals surface area contributed by atoms with Crippen LogP contribution in [-0.2, 0) is 20.4 Å². The Morgan fingerprint density at radius 3 is 2.56 bits per heavy atom. The van der Waals surface area contributed by atoms with E-state index in [9.17, 15) is 23.1 Å². The number of aromatic nitrogens is 1. The third kappa shape index (κ3) is 3.94.